The van der Waals surface area contributed by atoms with Crippen molar-refractivity contribution in [1.82, 2.24) is 19.9 Å². The van der Waals surface area contributed by atoms with Gasteiger partial charge in [-0.3, -0.25) is 14.8 Å². The number of benzene rings is 1. The molecule has 9 heteroatoms. The normalized spacial score (nSPS) is 17.1. The number of carbonyl (C=O) groups is 1. The van der Waals surface area contributed by atoms with Gasteiger partial charge in [-0.2, -0.15) is 0 Å². The predicted octanol–water partition coefficient (Wildman–Crippen LogP) is 4.47. The highest BCUT2D eigenvalue weighted by Crippen LogP contribution is 2.43. The molecule has 4 heterocycles. The summed E-state index contributed by atoms with van der Waals surface area (Å²) in [5, 5.41) is 6.92. The molecule has 0 aliphatic carbocycles. The van der Waals surface area contributed by atoms with Crippen LogP contribution in [0.15, 0.2) is 85.5 Å². The van der Waals surface area contributed by atoms with Gasteiger partial charge in [0.25, 0.3) is 0 Å². The maximum absolute atomic E-state index is 11.8. The van der Waals surface area contributed by atoms with Gasteiger partial charge < -0.3 is 24.8 Å². The van der Waals surface area contributed by atoms with Crippen LogP contribution >= 0.6 is 12.2 Å². The minimum atomic E-state index is -0.197. The Balaban J connectivity index is 1.61. The average molecular weight is 499 g/mol. The van der Waals surface area contributed by atoms with Crippen LogP contribution in [0.2, 0.25) is 0 Å². The molecule has 2 N–H and O–H groups in total. The second-order valence-corrected chi connectivity index (χ2v) is 8.87. The smallest absolute Gasteiger partial charge is 0.221 e. The molecule has 3 aromatic heterocycles. The largest absolute Gasteiger partial charge is 0.495 e. The molecule has 0 bridgehead atoms. The lowest BCUT2D eigenvalue weighted by molar-refractivity contribution is -0.114. The van der Waals surface area contributed by atoms with Crippen LogP contribution in [0, 0.1) is 0 Å². The summed E-state index contributed by atoms with van der Waals surface area (Å²) >= 11 is 5.87. The summed E-state index contributed by atoms with van der Waals surface area (Å²) in [5.74, 6) is 0.394. The van der Waals surface area contributed by atoms with Gasteiger partial charge >= 0.3 is 0 Å². The molecular weight excluding hydrogens is 472 g/mol. The van der Waals surface area contributed by atoms with Gasteiger partial charge in [0.05, 0.1) is 24.5 Å². The highest BCUT2D eigenvalue weighted by atomic mass is 32.1. The van der Waals surface area contributed by atoms with Gasteiger partial charge in [-0.1, -0.05) is 12.1 Å². The second-order valence-electron chi connectivity index (χ2n) is 8.48. The molecule has 0 saturated carbocycles. The summed E-state index contributed by atoms with van der Waals surface area (Å²) in [7, 11) is 1.58. The molecule has 2 atom stereocenters. The summed E-state index contributed by atoms with van der Waals surface area (Å²) in [5.41, 5.74) is 4.46. The van der Waals surface area contributed by atoms with Gasteiger partial charge in [0.15, 0.2) is 5.11 Å². The zero-order valence-electron chi connectivity index (χ0n) is 20.0. The van der Waals surface area contributed by atoms with Gasteiger partial charge in [-0.15, -0.1) is 0 Å². The van der Waals surface area contributed by atoms with Crippen LogP contribution in [-0.2, 0) is 11.3 Å². The maximum atomic E-state index is 11.8. The number of amides is 1. The summed E-state index contributed by atoms with van der Waals surface area (Å²) < 4.78 is 7.67. The molecule has 1 aliphatic rings. The highest BCUT2D eigenvalue weighted by Gasteiger charge is 2.42. The number of pyridine rings is 2. The Labute approximate surface area is 215 Å². The molecule has 1 aliphatic heterocycles. The predicted molar refractivity (Wildman–Crippen MR) is 143 cm³/mol. The van der Waals surface area contributed by atoms with Gasteiger partial charge in [-0.05, 0) is 66.3 Å². The first-order chi connectivity index (χ1) is 17.5. The highest BCUT2D eigenvalue weighted by molar-refractivity contribution is 7.80. The van der Waals surface area contributed by atoms with E-state index in [9.17, 15) is 4.79 Å². The fourth-order valence-corrected chi connectivity index (χ4v) is 4.94. The number of hydrogen-bond donors (Lipinski definition) is 2. The number of methoxy groups -OCH3 is 1. The number of anilines is 2. The van der Waals surface area contributed by atoms with Crippen molar-refractivity contribution in [1.29, 1.82) is 0 Å². The van der Waals surface area contributed by atoms with Crippen molar-refractivity contribution >= 4 is 34.6 Å². The third-order valence-electron chi connectivity index (χ3n) is 6.11. The third kappa shape index (κ3) is 4.65. The Morgan fingerprint density at radius 2 is 2.03 bits per heavy atom. The molecule has 1 saturated heterocycles. The van der Waals surface area contributed by atoms with E-state index in [1.54, 1.807) is 19.5 Å². The van der Waals surface area contributed by atoms with Crippen LogP contribution in [0.5, 0.6) is 5.75 Å². The molecule has 4 aromatic rings. The van der Waals surface area contributed by atoms with Crippen molar-refractivity contribution in [2.24, 2.45) is 0 Å². The van der Waals surface area contributed by atoms with Gasteiger partial charge in [0.2, 0.25) is 5.91 Å². The summed E-state index contributed by atoms with van der Waals surface area (Å²) in [6.45, 7) is 2.14. The number of nitrogens with zero attached hydrogens (tertiary/aromatic N) is 4. The SMILES string of the molecule is COc1ccc(N2C(=S)N[C@@H](c3ccccn3)[C@H]2c2cccn2Cc2cccnc2)cc1NC(C)=O. The van der Waals surface area contributed by atoms with Crippen LogP contribution < -0.4 is 20.3 Å². The zero-order valence-corrected chi connectivity index (χ0v) is 20.8. The Bertz CT molecular complexity index is 1380. The number of rotatable bonds is 7. The van der Waals surface area contributed by atoms with E-state index in [4.69, 9.17) is 17.0 Å². The van der Waals surface area contributed by atoms with Crippen LogP contribution in [0.3, 0.4) is 0 Å². The van der Waals surface area contributed by atoms with Crippen LogP contribution in [0.25, 0.3) is 0 Å². The first kappa shape index (κ1) is 23.5. The van der Waals surface area contributed by atoms with Crippen molar-refractivity contribution in [3.63, 3.8) is 0 Å². The topological polar surface area (TPSA) is 84.3 Å². The molecule has 182 valence electrons. The first-order valence-electron chi connectivity index (χ1n) is 11.6. The summed E-state index contributed by atoms with van der Waals surface area (Å²) in [6, 6.07) is 19.3. The molecule has 0 unspecified atom stereocenters. The molecule has 36 heavy (non-hydrogen) atoms. The lowest BCUT2D eigenvalue weighted by Gasteiger charge is -2.29. The lowest BCUT2D eigenvalue weighted by Crippen LogP contribution is -2.30. The molecule has 8 nitrogen and oxygen atoms in total. The van der Waals surface area contributed by atoms with E-state index in [0.717, 1.165) is 22.6 Å². The van der Waals surface area contributed by atoms with E-state index in [-0.39, 0.29) is 18.0 Å². The number of thiocarbonyl (C=S) groups is 1. The van der Waals surface area contributed by atoms with Crippen molar-refractivity contribution in [2.45, 2.75) is 25.6 Å². The molecule has 1 fully saturated rings. The van der Waals surface area contributed by atoms with Crippen LogP contribution in [0.1, 0.15) is 36.0 Å². The fourth-order valence-electron chi connectivity index (χ4n) is 4.59. The summed E-state index contributed by atoms with van der Waals surface area (Å²) in [6.07, 6.45) is 7.50. The number of ether oxygens (including phenoxy) is 1. The number of carbonyl (C=O) groups excluding carboxylic acids is 1. The number of hydrogen-bond acceptors (Lipinski definition) is 5. The van der Waals surface area contributed by atoms with E-state index in [2.05, 4.69) is 48.4 Å². The van der Waals surface area contributed by atoms with Gasteiger partial charge in [-0.25, -0.2) is 0 Å². The van der Waals surface area contributed by atoms with Crippen molar-refractivity contribution < 1.29 is 9.53 Å². The number of aromatic nitrogens is 3. The standard InChI is InChI=1S/C27H26N6O2S/c1-18(34)30-22-15-20(10-11-24(22)35-2)33-26(25(31-27(33)36)21-8-3-4-13-29-21)23-9-6-14-32(23)17-19-7-5-12-28-16-19/h3-16,25-26H,17H2,1-2H3,(H,30,34)(H,31,36)/t25-,26+/m0/s1. The zero-order chi connectivity index (χ0) is 25.1. The Kier molecular flexibility index (Phi) is 6.64. The Hall–Kier alpha value is -4.24. The number of nitrogens with one attached hydrogen (secondary N) is 2. The molecule has 5 rings (SSSR count). The minimum absolute atomic E-state index is 0.180. The Morgan fingerprint density at radius 3 is 2.75 bits per heavy atom. The quantitative estimate of drug-likeness (QED) is 0.364. The van der Waals surface area contributed by atoms with Crippen LogP contribution in [0.4, 0.5) is 11.4 Å². The van der Waals surface area contributed by atoms with Crippen molar-refractivity contribution in [3.8, 4) is 5.75 Å². The van der Waals surface area contributed by atoms with Gasteiger partial charge in [0.1, 0.15) is 11.8 Å². The van der Waals surface area contributed by atoms with E-state index >= 15 is 0 Å². The molecule has 0 spiro atoms. The maximum Gasteiger partial charge on any atom is 0.221 e. The average Bonchev–Trinajstić information content (AvgIpc) is 3.48. The minimum Gasteiger partial charge on any atom is -0.495 e. The van der Waals surface area contributed by atoms with Gasteiger partial charge in [0, 0.05) is 49.6 Å². The van der Waals surface area contributed by atoms with E-state index in [1.807, 2.05) is 54.7 Å². The lowest BCUT2D eigenvalue weighted by atomic mass is 10.0. The summed E-state index contributed by atoms with van der Waals surface area (Å²) in [4.78, 5) is 22.8. The van der Waals surface area contributed by atoms with Crippen molar-refractivity contribution in [3.05, 3.63) is 102 Å². The van der Waals surface area contributed by atoms with Crippen LogP contribution in [-0.4, -0.2) is 32.7 Å². The second kappa shape index (κ2) is 10.2. The van der Waals surface area contributed by atoms with E-state index in [1.165, 1.54) is 6.92 Å². The first-order valence-corrected chi connectivity index (χ1v) is 12.0. The third-order valence-corrected chi connectivity index (χ3v) is 6.43. The van der Waals surface area contributed by atoms with E-state index in [0.29, 0.717) is 23.1 Å². The molecule has 1 amide bonds. The molecule has 1 aromatic carbocycles. The monoisotopic (exact) mass is 498 g/mol. The Morgan fingerprint density at radius 1 is 1.14 bits per heavy atom. The van der Waals surface area contributed by atoms with Crippen molar-refractivity contribution in [2.75, 3.05) is 17.3 Å². The fraction of sp³-hybridized carbons (Fsp3) is 0.185. The molecule has 0 radical (unpaired) electrons. The molecular formula is C27H26N6O2S. The van der Waals surface area contributed by atoms with E-state index < -0.39 is 0 Å².